The summed E-state index contributed by atoms with van der Waals surface area (Å²) in [6.07, 6.45) is 6.57. The molecule has 0 radical (unpaired) electrons. The molecule has 20 heavy (non-hydrogen) atoms. The summed E-state index contributed by atoms with van der Waals surface area (Å²) in [6.45, 7) is 4.19. The predicted molar refractivity (Wildman–Crippen MR) is 78.0 cm³/mol. The third kappa shape index (κ3) is 3.58. The van der Waals surface area contributed by atoms with E-state index < -0.39 is 0 Å². The molecule has 112 valence electrons. The van der Waals surface area contributed by atoms with Gasteiger partial charge in [-0.15, -0.1) is 0 Å². The Morgan fingerprint density at radius 2 is 2.30 bits per heavy atom. The Bertz CT molecular complexity index is 416. The van der Waals surface area contributed by atoms with Crippen molar-refractivity contribution in [2.24, 2.45) is 5.73 Å². The Kier molecular flexibility index (Phi) is 5.55. The molecule has 2 N–H and O–H groups in total. The zero-order valence-electron chi connectivity index (χ0n) is 12.3. The van der Waals surface area contributed by atoms with Gasteiger partial charge in [0.1, 0.15) is 0 Å². The van der Waals surface area contributed by atoms with Crippen LogP contribution in [0.15, 0.2) is 12.4 Å². The van der Waals surface area contributed by atoms with Crippen LogP contribution in [0.1, 0.15) is 26.2 Å². The molecule has 0 amide bonds. The number of aromatic nitrogens is 2. The van der Waals surface area contributed by atoms with Crippen LogP contribution in [0.4, 0.5) is 5.82 Å². The number of ether oxygens (including phenoxy) is 2. The minimum atomic E-state index is 0.240. The molecule has 1 saturated heterocycles. The second-order valence-electron chi connectivity index (χ2n) is 5.03. The smallest absolute Gasteiger partial charge is 0.234 e. The van der Waals surface area contributed by atoms with Gasteiger partial charge < -0.3 is 20.1 Å². The van der Waals surface area contributed by atoms with Crippen LogP contribution in [0, 0.1) is 0 Å². The van der Waals surface area contributed by atoms with Gasteiger partial charge in [0.15, 0.2) is 5.82 Å². The fourth-order valence-electron chi connectivity index (χ4n) is 2.51. The van der Waals surface area contributed by atoms with Crippen molar-refractivity contribution in [3.05, 3.63) is 12.4 Å². The van der Waals surface area contributed by atoms with Gasteiger partial charge in [-0.25, -0.2) is 0 Å². The molecule has 0 bridgehead atoms. The van der Waals surface area contributed by atoms with Gasteiger partial charge in [0.2, 0.25) is 5.88 Å². The van der Waals surface area contributed by atoms with Gasteiger partial charge in [-0.3, -0.25) is 4.98 Å². The van der Waals surface area contributed by atoms with Crippen LogP contribution < -0.4 is 15.4 Å². The molecule has 1 aromatic rings. The van der Waals surface area contributed by atoms with E-state index in [9.17, 15) is 0 Å². The minimum Gasteiger partial charge on any atom is -0.477 e. The molecule has 2 atom stereocenters. The molecular weight excluding hydrogens is 256 g/mol. The molecule has 0 saturated carbocycles. The lowest BCUT2D eigenvalue weighted by Gasteiger charge is -2.39. The third-order valence-electron chi connectivity index (χ3n) is 3.62. The Labute approximate surface area is 120 Å². The van der Waals surface area contributed by atoms with Gasteiger partial charge in [0, 0.05) is 26.2 Å². The van der Waals surface area contributed by atoms with E-state index in [2.05, 4.69) is 21.8 Å². The van der Waals surface area contributed by atoms with Crippen LogP contribution in [0.5, 0.6) is 5.88 Å². The first-order valence-electron chi connectivity index (χ1n) is 7.22. The highest BCUT2D eigenvalue weighted by Gasteiger charge is 2.28. The molecular formula is C14H24N4O2. The van der Waals surface area contributed by atoms with Crippen LogP contribution in [-0.4, -0.2) is 48.9 Å². The van der Waals surface area contributed by atoms with Crippen molar-refractivity contribution in [2.75, 3.05) is 31.7 Å². The van der Waals surface area contributed by atoms with Crippen molar-refractivity contribution in [3.8, 4) is 5.88 Å². The van der Waals surface area contributed by atoms with Crippen LogP contribution in [0.3, 0.4) is 0 Å². The zero-order valence-corrected chi connectivity index (χ0v) is 12.3. The van der Waals surface area contributed by atoms with Gasteiger partial charge in [-0.1, -0.05) is 6.92 Å². The summed E-state index contributed by atoms with van der Waals surface area (Å²) in [6, 6.07) is 0.240. The molecule has 1 aliphatic heterocycles. The Balaban J connectivity index is 2.09. The fraction of sp³-hybridized carbons (Fsp3) is 0.714. The molecule has 1 aromatic heterocycles. The van der Waals surface area contributed by atoms with Crippen LogP contribution in [0.25, 0.3) is 0 Å². The highest BCUT2D eigenvalue weighted by Crippen LogP contribution is 2.25. The third-order valence-corrected chi connectivity index (χ3v) is 3.62. The molecule has 0 aromatic carbocycles. The Morgan fingerprint density at radius 3 is 3.00 bits per heavy atom. The molecule has 0 spiro atoms. The molecule has 6 nitrogen and oxygen atoms in total. The lowest BCUT2D eigenvalue weighted by atomic mass is 9.99. The maximum atomic E-state index is 5.89. The summed E-state index contributed by atoms with van der Waals surface area (Å²) >= 11 is 0. The predicted octanol–water partition coefficient (Wildman–Crippen LogP) is 1.21. The topological polar surface area (TPSA) is 73.5 Å². The molecule has 1 aliphatic rings. The molecule has 1 fully saturated rings. The molecule has 2 heterocycles. The van der Waals surface area contributed by atoms with Gasteiger partial charge in [0.25, 0.3) is 0 Å². The van der Waals surface area contributed by atoms with Crippen molar-refractivity contribution in [3.63, 3.8) is 0 Å². The van der Waals surface area contributed by atoms with E-state index in [0.29, 0.717) is 19.0 Å². The van der Waals surface area contributed by atoms with E-state index in [1.54, 1.807) is 19.5 Å². The summed E-state index contributed by atoms with van der Waals surface area (Å²) in [5.74, 6) is 1.41. The Morgan fingerprint density at radius 1 is 1.45 bits per heavy atom. The number of rotatable bonds is 6. The van der Waals surface area contributed by atoms with Crippen molar-refractivity contribution >= 4 is 5.82 Å². The Hall–Kier alpha value is -1.40. The summed E-state index contributed by atoms with van der Waals surface area (Å²) in [7, 11) is 1.76. The number of piperidine rings is 1. The first-order chi connectivity index (χ1) is 9.78. The number of methoxy groups -OCH3 is 1. The normalized spacial score (nSPS) is 22.9. The van der Waals surface area contributed by atoms with Crippen molar-refractivity contribution < 1.29 is 9.47 Å². The number of nitrogens with two attached hydrogens (primary N) is 1. The van der Waals surface area contributed by atoms with E-state index in [1.165, 1.54) is 0 Å². The first-order valence-corrected chi connectivity index (χ1v) is 7.22. The van der Waals surface area contributed by atoms with Crippen LogP contribution in [-0.2, 0) is 4.74 Å². The molecule has 6 heteroatoms. The van der Waals surface area contributed by atoms with E-state index >= 15 is 0 Å². The van der Waals surface area contributed by atoms with E-state index in [1.807, 2.05) is 0 Å². The summed E-state index contributed by atoms with van der Waals surface area (Å²) in [4.78, 5) is 11.0. The second kappa shape index (κ2) is 7.40. The SMILES string of the molecule is CCCOc1cncc(N2CCC(OC)CC2CN)n1. The fourth-order valence-corrected chi connectivity index (χ4v) is 2.51. The van der Waals surface area contributed by atoms with E-state index in [4.69, 9.17) is 15.2 Å². The second-order valence-corrected chi connectivity index (χ2v) is 5.03. The number of hydrogen-bond donors (Lipinski definition) is 1. The summed E-state index contributed by atoms with van der Waals surface area (Å²) in [5.41, 5.74) is 5.89. The minimum absolute atomic E-state index is 0.240. The van der Waals surface area contributed by atoms with E-state index in [0.717, 1.165) is 31.6 Å². The highest BCUT2D eigenvalue weighted by atomic mass is 16.5. The molecule has 2 unspecified atom stereocenters. The molecule has 2 rings (SSSR count). The van der Waals surface area contributed by atoms with Crippen molar-refractivity contribution in [1.82, 2.24) is 9.97 Å². The lowest BCUT2D eigenvalue weighted by molar-refractivity contribution is 0.0707. The number of hydrogen-bond acceptors (Lipinski definition) is 6. The van der Waals surface area contributed by atoms with Crippen LogP contribution in [0.2, 0.25) is 0 Å². The average molecular weight is 280 g/mol. The maximum Gasteiger partial charge on any atom is 0.234 e. The van der Waals surface area contributed by atoms with Gasteiger partial charge in [0.05, 0.1) is 25.1 Å². The van der Waals surface area contributed by atoms with Crippen molar-refractivity contribution in [1.29, 1.82) is 0 Å². The maximum absolute atomic E-state index is 5.89. The standard InChI is InChI=1S/C14H24N4O2/c1-3-6-20-14-10-16-9-13(17-14)18-5-4-12(19-2)7-11(18)8-15/h9-12H,3-8,15H2,1-2H3. The van der Waals surface area contributed by atoms with Gasteiger partial charge >= 0.3 is 0 Å². The van der Waals surface area contributed by atoms with Crippen LogP contribution >= 0.6 is 0 Å². The molecule has 0 aliphatic carbocycles. The number of anilines is 1. The van der Waals surface area contributed by atoms with Gasteiger partial charge in [-0.05, 0) is 19.3 Å². The number of nitrogens with zero attached hydrogens (tertiary/aromatic N) is 3. The zero-order chi connectivity index (χ0) is 14.4. The van der Waals surface area contributed by atoms with Crippen molar-refractivity contribution in [2.45, 2.75) is 38.3 Å². The summed E-state index contributed by atoms with van der Waals surface area (Å²) < 4.78 is 11.0. The monoisotopic (exact) mass is 280 g/mol. The first kappa shape index (κ1) is 15.0. The average Bonchev–Trinajstić information content (AvgIpc) is 2.52. The summed E-state index contributed by atoms with van der Waals surface area (Å²) in [5, 5.41) is 0. The van der Waals surface area contributed by atoms with E-state index in [-0.39, 0.29) is 12.1 Å². The lowest BCUT2D eigenvalue weighted by Crippen LogP contribution is -2.49. The quantitative estimate of drug-likeness (QED) is 0.844. The highest BCUT2D eigenvalue weighted by molar-refractivity contribution is 5.40. The largest absolute Gasteiger partial charge is 0.477 e. The van der Waals surface area contributed by atoms with Gasteiger partial charge in [-0.2, -0.15) is 4.98 Å².